The van der Waals surface area contributed by atoms with Crippen molar-refractivity contribution in [3.05, 3.63) is 69.9 Å². The standard InChI is InChI=1S/C30H33ClF3N5O3S/c1-43(41,42)37-16-11-27-25(19-37)29(20-3-5-22(6-4-20)30(32,33)34)35-38(27)13-2-12-36-14-9-24(10-15-36)39-26-8-7-23(31)17-21(26)18-28(39)40/h3-8,17,24H,2,9-16,18-19H2,1H3. The molecule has 230 valence electrons. The molecule has 1 saturated heterocycles. The number of hydrogen-bond donors (Lipinski definition) is 0. The number of anilines is 1. The average Bonchev–Trinajstić information content (AvgIpc) is 3.48. The molecule has 3 aliphatic heterocycles. The molecule has 0 radical (unpaired) electrons. The van der Waals surface area contributed by atoms with Crippen LogP contribution in [0.3, 0.4) is 0 Å². The van der Waals surface area contributed by atoms with Gasteiger partial charge in [0.05, 0.1) is 23.9 Å². The molecule has 13 heteroatoms. The van der Waals surface area contributed by atoms with E-state index in [-0.39, 0.29) is 18.5 Å². The normalized spacial score (nSPS) is 18.7. The first-order chi connectivity index (χ1) is 20.4. The summed E-state index contributed by atoms with van der Waals surface area (Å²) in [4.78, 5) is 17.1. The quantitative estimate of drug-likeness (QED) is 0.366. The molecule has 8 nitrogen and oxygen atoms in total. The molecule has 1 aromatic heterocycles. The third-order valence-corrected chi connectivity index (χ3v) is 10.2. The summed E-state index contributed by atoms with van der Waals surface area (Å²) in [5, 5.41) is 5.43. The van der Waals surface area contributed by atoms with Gasteiger partial charge in [-0.25, -0.2) is 8.42 Å². The fourth-order valence-electron chi connectivity index (χ4n) is 6.54. The Bertz CT molecular complexity index is 1630. The number of fused-ring (bicyclic) bond motifs is 2. The summed E-state index contributed by atoms with van der Waals surface area (Å²) in [6, 6.07) is 10.7. The monoisotopic (exact) mass is 635 g/mol. The van der Waals surface area contributed by atoms with E-state index >= 15 is 0 Å². The summed E-state index contributed by atoms with van der Waals surface area (Å²) < 4.78 is 67.3. The van der Waals surface area contributed by atoms with Crippen molar-refractivity contribution in [3.63, 3.8) is 0 Å². The Balaban J connectivity index is 1.12. The maximum Gasteiger partial charge on any atom is 0.416 e. The van der Waals surface area contributed by atoms with Gasteiger partial charge < -0.3 is 9.80 Å². The lowest BCUT2D eigenvalue weighted by molar-refractivity contribution is -0.137. The summed E-state index contributed by atoms with van der Waals surface area (Å²) in [7, 11) is -3.44. The van der Waals surface area contributed by atoms with E-state index in [1.54, 1.807) is 0 Å². The lowest BCUT2D eigenvalue weighted by atomic mass is 10.0. The van der Waals surface area contributed by atoms with E-state index in [0.717, 1.165) is 79.8 Å². The van der Waals surface area contributed by atoms with Crippen molar-refractivity contribution >= 4 is 33.2 Å². The van der Waals surface area contributed by atoms with Crippen molar-refractivity contribution in [2.75, 3.05) is 37.3 Å². The molecule has 2 aromatic carbocycles. The minimum absolute atomic E-state index is 0.123. The Labute approximate surface area is 254 Å². The largest absolute Gasteiger partial charge is 0.416 e. The van der Waals surface area contributed by atoms with Gasteiger partial charge in [-0.3, -0.25) is 9.48 Å². The van der Waals surface area contributed by atoms with Crippen molar-refractivity contribution in [2.45, 2.75) is 57.4 Å². The van der Waals surface area contributed by atoms with Crippen LogP contribution in [0.5, 0.6) is 0 Å². The van der Waals surface area contributed by atoms with E-state index in [0.29, 0.717) is 42.2 Å². The molecule has 4 heterocycles. The van der Waals surface area contributed by atoms with Gasteiger partial charge in [0.15, 0.2) is 0 Å². The van der Waals surface area contributed by atoms with Crippen molar-refractivity contribution in [1.82, 2.24) is 19.0 Å². The SMILES string of the molecule is CS(=O)(=O)N1CCc2c(c(-c3ccc(C(F)(F)F)cc3)nn2CCCN2CCC(N3C(=O)Cc4cc(Cl)ccc43)CC2)C1. The molecule has 0 bridgehead atoms. The Morgan fingerprint density at radius 2 is 1.74 bits per heavy atom. The third-order valence-electron chi connectivity index (χ3n) is 8.73. The Morgan fingerprint density at radius 1 is 1.02 bits per heavy atom. The van der Waals surface area contributed by atoms with Crippen LogP contribution in [0, 0.1) is 0 Å². The second-order valence-corrected chi connectivity index (χ2v) is 14.0. The van der Waals surface area contributed by atoms with Crippen LogP contribution in [0.2, 0.25) is 5.02 Å². The van der Waals surface area contributed by atoms with E-state index in [4.69, 9.17) is 16.7 Å². The second kappa shape index (κ2) is 11.5. The molecule has 0 unspecified atom stereocenters. The van der Waals surface area contributed by atoms with E-state index in [1.165, 1.54) is 16.4 Å². The first-order valence-corrected chi connectivity index (χ1v) is 16.7. The number of aromatic nitrogens is 2. The molecule has 1 amide bonds. The molecule has 0 saturated carbocycles. The van der Waals surface area contributed by atoms with Gasteiger partial charge in [0.25, 0.3) is 0 Å². The number of hydrogen-bond acceptors (Lipinski definition) is 5. The highest BCUT2D eigenvalue weighted by Crippen LogP contribution is 2.36. The number of aryl methyl sites for hydroxylation is 1. The zero-order valence-electron chi connectivity index (χ0n) is 23.8. The number of likely N-dealkylation sites (tertiary alicyclic amines) is 1. The van der Waals surface area contributed by atoms with Crippen LogP contribution in [-0.2, 0) is 46.9 Å². The smallest absolute Gasteiger partial charge is 0.309 e. The van der Waals surface area contributed by atoms with E-state index in [9.17, 15) is 26.4 Å². The number of carbonyl (C=O) groups is 1. The first-order valence-electron chi connectivity index (χ1n) is 14.4. The lowest BCUT2D eigenvalue weighted by Gasteiger charge is -2.37. The van der Waals surface area contributed by atoms with Crippen LogP contribution in [0.25, 0.3) is 11.3 Å². The highest BCUT2D eigenvalue weighted by atomic mass is 35.5. The van der Waals surface area contributed by atoms with E-state index in [1.807, 2.05) is 27.8 Å². The molecule has 0 atom stereocenters. The van der Waals surface area contributed by atoms with Gasteiger partial charge >= 0.3 is 6.18 Å². The fraction of sp³-hybridized carbons (Fsp3) is 0.467. The number of benzene rings is 2. The number of sulfonamides is 1. The Kier molecular flexibility index (Phi) is 8.08. The number of nitrogens with zero attached hydrogens (tertiary/aromatic N) is 5. The average molecular weight is 636 g/mol. The predicted octanol–water partition coefficient (Wildman–Crippen LogP) is 4.98. The minimum atomic E-state index is -4.44. The molecule has 0 spiro atoms. The van der Waals surface area contributed by atoms with Gasteiger partial charge in [-0.05, 0) is 61.7 Å². The highest BCUT2D eigenvalue weighted by molar-refractivity contribution is 7.88. The molecule has 0 aliphatic carbocycles. The maximum absolute atomic E-state index is 13.1. The molecule has 3 aromatic rings. The highest BCUT2D eigenvalue weighted by Gasteiger charge is 2.35. The first kappa shape index (κ1) is 30.1. The number of piperidine rings is 1. The predicted molar refractivity (Wildman–Crippen MR) is 158 cm³/mol. The molecular weight excluding hydrogens is 603 g/mol. The topological polar surface area (TPSA) is 78.8 Å². The van der Waals surface area contributed by atoms with Crippen molar-refractivity contribution in [3.8, 4) is 11.3 Å². The van der Waals surface area contributed by atoms with Crippen molar-refractivity contribution in [2.24, 2.45) is 0 Å². The molecule has 0 N–H and O–H groups in total. The lowest BCUT2D eigenvalue weighted by Crippen LogP contribution is -2.46. The Morgan fingerprint density at radius 3 is 2.42 bits per heavy atom. The molecule has 3 aliphatic rings. The van der Waals surface area contributed by atoms with Crippen LogP contribution in [-0.4, -0.2) is 71.8 Å². The van der Waals surface area contributed by atoms with Crippen LogP contribution in [0.15, 0.2) is 42.5 Å². The van der Waals surface area contributed by atoms with E-state index < -0.39 is 21.8 Å². The number of rotatable bonds is 7. The van der Waals surface area contributed by atoms with Gasteiger partial charge in [0.1, 0.15) is 0 Å². The summed E-state index contributed by atoms with van der Waals surface area (Å²) in [6.45, 7) is 3.67. The molecular formula is C30H33ClF3N5O3S. The zero-order valence-corrected chi connectivity index (χ0v) is 25.4. The van der Waals surface area contributed by atoms with Crippen LogP contribution in [0.4, 0.5) is 18.9 Å². The van der Waals surface area contributed by atoms with Gasteiger partial charge in [-0.15, -0.1) is 0 Å². The summed E-state index contributed by atoms with van der Waals surface area (Å²) in [6.07, 6.45) is 0.164. The maximum atomic E-state index is 13.1. The van der Waals surface area contributed by atoms with Crippen LogP contribution < -0.4 is 4.90 Å². The second-order valence-electron chi connectivity index (χ2n) is 11.6. The summed E-state index contributed by atoms with van der Waals surface area (Å²) in [5.74, 6) is 0.123. The third kappa shape index (κ3) is 6.20. The summed E-state index contributed by atoms with van der Waals surface area (Å²) >= 11 is 6.13. The van der Waals surface area contributed by atoms with Gasteiger partial charge in [-0.1, -0.05) is 23.7 Å². The van der Waals surface area contributed by atoms with E-state index in [2.05, 4.69) is 4.90 Å². The van der Waals surface area contributed by atoms with Crippen LogP contribution in [0.1, 0.15) is 41.6 Å². The van der Waals surface area contributed by atoms with Gasteiger partial charge in [0, 0.05) is 72.7 Å². The fourth-order valence-corrected chi connectivity index (χ4v) is 7.52. The van der Waals surface area contributed by atoms with Gasteiger partial charge in [-0.2, -0.15) is 22.6 Å². The molecule has 1 fully saturated rings. The van der Waals surface area contributed by atoms with Crippen LogP contribution >= 0.6 is 11.6 Å². The van der Waals surface area contributed by atoms with Gasteiger partial charge in [0.2, 0.25) is 15.9 Å². The zero-order chi connectivity index (χ0) is 30.5. The molecule has 43 heavy (non-hydrogen) atoms. The summed E-state index contributed by atoms with van der Waals surface area (Å²) in [5.41, 5.74) is 3.94. The van der Waals surface area contributed by atoms with Crippen molar-refractivity contribution < 1.29 is 26.4 Å². The number of carbonyl (C=O) groups excluding carboxylic acids is 1. The molecule has 6 rings (SSSR count). The minimum Gasteiger partial charge on any atom is -0.309 e. The van der Waals surface area contributed by atoms with Crippen molar-refractivity contribution in [1.29, 1.82) is 0 Å². The number of alkyl halides is 3. The Hall–Kier alpha value is -2.93. The number of halogens is 4. The number of amides is 1.